The molecule has 1 heterocycles. The maximum absolute atomic E-state index is 11.1. The lowest BCUT2D eigenvalue weighted by Crippen LogP contribution is -2.08. The third kappa shape index (κ3) is 2.58. The van der Waals surface area contributed by atoms with Gasteiger partial charge in [-0.3, -0.25) is 4.79 Å². The first-order chi connectivity index (χ1) is 9.13. The minimum absolute atomic E-state index is 0.398. The van der Waals surface area contributed by atoms with Gasteiger partial charge in [0.2, 0.25) is 0 Å². The third-order valence-electron chi connectivity index (χ3n) is 3.33. The van der Waals surface area contributed by atoms with Gasteiger partial charge in [-0.15, -0.1) is 11.3 Å². The molecule has 1 atom stereocenters. The maximum Gasteiger partial charge on any atom is 0.312 e. The first kappa shape index (κ1) is 12.8. The number of hydrogen-bond donors (Lipinski definition) is 1. The molecule has 1 N–H and O–H groups in total. The van der Waals surface area contributed by atoms with Crippen LogP contribution in [0, 0.1) is 0 Å². The number of carboxylic acid groups (broad SMARTS) is 1. The second kappa shape index (κ2) is 5.06. The van der Waals surface area contributed by atoms with Crippen LogP contribution in [-0.4, -0.2) is 16.1 Å². The summed E-state index contributed by atoms with van der Waals surface area (Å²) >= 11 is 5.07. The zero-order valence-corrected chi connectivity index (χ0v) is 12.5. The summed E-state index contributed by atoms with van der Waals surface area (Å²) in [5.74, 6) is -1.15. The number of benzene rings is 1. The van der Waals surface area contributed by atoms with Crippen LogP contribution in [0.1, 0.15) is 33.5 Å². The van der Waals surface area contributed by atoms with Crippen molar-refractivity contribution in [2.45, 2.75) is 25.2 Å². The molecule has 98 valence electrons. The standard InChI is InChI=1S/C14H12BrNO2S/c15-9-3-1-8(2-4-9)7-12-16-13-10(14(17)18)5-6-11(13)19-12/h1-4,10H,5-7H2,(H,17,18). The van der Waals surface area contributed by atoms with Gasteiger partial charge < -0.3 is 5.11 Å². The number of aromatic nitrogens is 1. The fourth-order valence-corrected chi connectivity index (χ4v) is 3.81. The molecule has 2 aromatic rings. The molecule has 0 amide bonds. The van der Waals surface area contributed by atoms with Gasteiger partial charge in [-0.05, 0) is 30.5 Å². The van der Waals surface area contributed by atoms with Crippen LogP contribution in [0.5, 0.6) is 0 Å². The van der Waals surface area contributed by atoms with Crippen molar-refractivity contribution >= 4 is 33.2 Å². The van der Waals surface area contributed by atoms with Crippen LogP contribution in [0.3, 0.4) is 0 Å². The van der Waals surface area contributed by atoms with Crippen LogP contribution in [0.25, 0.3) is 0 Å². The highest BCUT2D eigenvalue weighted by Crippen LogP contribution is 2.37. The molecule has 0 saturated heterocycles. The molecule has 1 aromatic heterocycles. The molecule has 0 radical (unpaired) electrons. The van der Waals surface area contributed by atoms with Crippen molar-refractivity contribution in [2.24, 2.45) is 0 Å². The van der Waals surface area contributed by atoms with Gasteiger partial charge >= 0.3 is 5.97 Å². The molecular weight excluding hydrogens is 326 g/mol. The summed E-state index contributed by atoms with van der Waals surface area (Å²) in [4.78, 5) is 16.8. The molecule has 0 bridgehead atoms. The van der Waals surface area contributed by atoms with Crippen molar-refractivity contribution in [1.29, 1.82) is 0 Å². The van der Waals surface area contributed by atoms with Gasteiger partial charge in [0.05, 0.1) is 10.7 Å². The largest absolute Gasteiger partial charge is 0.481 e. The van der Waals surface area contributed by atoms with Crippen LogP contribution >= 0.6 is 27.3 Å². The van der Waals surface area contributed by atoms with Crippen molar-refractivity contribution < 1.29 is 9.90 Å². The average Bonchev–Trinajstić information content (AvgIpc) is 2.91. The topological polar surface area (TPSA) is 50.2 Å². The molecule has 5 heteroatoms. The highest BCUT2D eigenvalue weighted by Gasteiger charge is 2.32. The van der Waals surface area contributed by atoms with Crippen molar-refractivity contribution in [3.8, 4) is 0 Å². The lowest BCUT2D eigenvalue weighted by Gasteiger charge is -2.02. The number of hydrogen-bond acceptors (Lipinski definition) is 3. The fraction of sp³-hybridized carbons (Fsp3) is 0.286. The molecule has 0 fully saturated rings. The number of aryl methyl sites for hydroxylation is 1. The van der Waals surface area contributed by atoms with Gasteiger partial charge in [0.25, 0.3) is 0 Å². The molecule has 1 aromatic carbocycles. The van der Waals surface area contributed by atoms with Crippen molar-refractivity contribution in [1.82, 2.24) is 4.98 Å². The third-order valence-corrected chi connectivity index (χ3v) is 4.99. The Labute approximate surface area is 123 Å². The predicted octanol–water partition coefficient (Wildman–Crippen LogP) is 3.61. The molecule has 1 aliphatic rings. The molecule has 3 nitrogen and oxygen atoms in total. The minimum Gasteiger partial charge on any atom is -0.481 e. The molecule has 0 spiro atoms. The van der Waals surface area contributed by atoms with Crippen LogP contribution in [0.2, 0.25) is 0 Å². The van der Waals surface area contributed by atoms with Gasteiger partial charge in [0.15, 0.2) is 0 Å². The monoisotopic (exact) mass is 337 g/mol. The van der Waals surface area contributed by atoms with E-state index in [-0.39, 0.29) is 0 Å². The number of rotatable bonds is 3. The summed E-state index contributed by atoms with van der Waals surface area (Å²) in [7, 11) is 0. The summed E-state index contributed by atoms with van der Waals surface area (Å²) < 4.78 is 1.06. The Morgan fingerprint density at radius 3 is 2.84 bits per heavy atom. The Morgan fingerprint density at radius 1 is 1.42 bits per heavy atom. The number of carbonyl (C=O) groups is 1. The van der Waals surface area contributed by atoms with E-state index in [4.69, 9.17) is 5.11 Å². The first-order valence-corrected chi connectivity index (χ1v) is 7.70. The number of carboxylic acids is 1. The Morgan fingerprint density at radius 2 is 2.16 bits per heavy atom. The van der Waals surface area contributed by atoms with Crippen LogP contribution in [-0.2, 0) is 17.6 Å². The molecule has 19 heavy (non-hydrogen) atoms. The number of nitrogens with zero attached hydrogens (tertiary/aromatic N) is 1. The van der Waals surface area contributed by atoms with E-state index in [0.29, 0.717) is 6.42 Å². The zero-order valence-electron chi connectivity index (χ0n) is 10.1. The maximum atomic E-state index is 11.1. The van der Waals surface area contributed by atoms with Gasteiger partial charge in [-0.1, -0.05) is 28.1 Å². The van der Waals surface area contributed by atoms with E-state index in [1.807, 2.05) is 12.1 Å². The summed E-state index contributed by atoms with van der Waals surface area (Å²) in [6.45, 7) is 0. The Balaban J connectivity index is 1.82. The fourth-order valence-electron chi connectivity index (χ4n) is 2.37. The second-order valence-electron chi connectivity index (χ2n) is 4.65. The number of thiazole rings is 1. The van der Waals surface area contributed by atoms with Gasteiger partial charge in [0, 0.05) is 15.8 Å². The Hall–Kier alpha value is -1.20. The second-order valence-corrected chi connectivity index (χ2v) is 6.73. The molecule has 1 aliphatic carbocycles. The van der Waals surface area contributed by atoms with Gasteiger partial charge in [-0.2, -0.15) is 0 Å². The first-order valence-electron chi connectivity index (χ1n) is 6.09. The van der Waals surface area contributed by atoms with Gasteiger partial charge in [0.1, 0.15) is 5.92 Å². The lowest BCUT2D eigenvalue weighted by molar-refractivity contribution is -0.138. The highest BCUT2D eigenvalue weighted by molar-refractivity contribution is 9.10. The summed E-state index contributed by atoms with van der Waals surface area (Å²) in [6.07, 6.45) is 2.32. The van der Waals surface area contributed by atoms with E-state index >= 15 is 0 Å². The zero-order chi connectivity index (χ0) is 13.4. The van der Waals surface area contributed by atoms with Crippen molar-refractivity contribution in [2.75, 3.05) is 0 Å². The lowest BCUT2D eigenvalue weighted by atomic mass is 10.1. The number of aliphatic carboxylic acids is 1. The van der Waals surface area contributed by atoms with Crippen LogP contribution in [0.15, 0.2) is 28.7 Å². The number of halogens is 1. The summed E-state index contributed by atoms with van der Waals surface area (Å²) in [5.41, 5.74) is 1.99. The molecule has 1 unspecified atom stereocenters. The molecule has 0 saturated carbocycles. The predicted molar refractivity (Wildman–Crippen MR) is 77.8 cm³/mol. The molecular formula is C14H12BrNO2S. The Bertz CT molecular complexity index is 621. The van der Waals surface area contributed by atoms with E-state index in [9.17, 15) is 4.79 Å². The van der Waals surface area contributed by atoms with Crippen LogP contribution < -0.4 is 0 Å². The van der Waals surface area contributed by atoms with E-state index in [0.717, 1.165) is 32.9 Å². The molecule has 3 rings (SSSR count). The van der Waals surface area contributed by atoms with E-state index in [1.54, 1.807) is 11.3 Å². The van der Waals surface area contributed by atoms with E-state index in [2.05, 4.69) is 33.0 Å². The van der Waals surface area contributed by atoms with Crippen molar-refractivity contribution in [3.05, 3.63) is 49.9 Å². The van der Waals surface area contributed by atoms with Crippen molar-refractivity contribution in [3.63, 3.8) is 0 Å². The normalized spacial score (nSPS) is 17.4. The minimum atomic E-state index is -0.751. The quantitative estimate of drug-likeness (QED) is 0.930. The summed E-state index contributed by atoms with van der Waals surface area (Å²) in [5, 5.41) is 10.2. The SMILES string of the molecule is O=C(O)C1CCc2sc(Cc3ccc(Br)cc3)nc21. The van der Waals surface area contributed by atoms with Gasteiger partial charge in [-0.25, -0.2) is 4.98 Å². The highest BCUT2D eigenvalue weighted by atomic mass is 79.9. The van der Waals surface area contributed by atoms with Crippen LogP contribution in [0.4, 0.5) is 0 Å². The van der Waals surface area contributed by atoms with E-state index < -0.39 is 11.9 Å². The van der Waals surface area contributed by atoms with E-state index in [1.165, 1.54) is 5.56 Å². The molecule has 0 aliphatic heterocycles. The summed E-state index contributed by atoms with van der Waals surface area (Å²) in [6, 6.07) is 8.14. The number of fused-ring (bicyclic) bond motifs is 1. The smallest absolute Gasteiger partial charge is 0.312 e. The Kier molecular flexibility index (Phi) is 3.41. The average molecular weight is 338 g/mol.